The number of rotatable bonds is 4. The SMILES string of the molecule is Cc1nn(C)c(COc2ccc(C(=N)N)cc2)c1Br. The lowest BCUT2D eigenvalue weighted by Crippen LogP contribution is -2.10. The van der Waals surface area contributed by atoms with Crippen LogP contribution < -0.4 is 10.5 Å². The van der Waals surface area contributed by atoms with Crippen LogP contribution in [0.3, 0.4) is 0 Å². The first-order valence-electron chi connectivity index (χ1n) is 5.74. The largest absolute Gasteiger partial charge is 0.487 e. The fourth-order valence-electron chi connectivity index (χ4n) is 1.72. The fourth-order valence-corrected chi connectivity index (χ4v) is 2.17. The maximum atomic E-state index is 7.32. The van der Waals surface area contributed by atoms with Gasteiger partial charge in [-0.05, 0) is 47.1 Å². The van der Waals surface area contributed by atoms with Crippen LogP contribution in [0.1, 0.15) is 17.0 Å². The van der Waals surface area contributed by atoms with Crippen molar-refractivity contribution in [3.8, 4) is 5.75 Å². The lowest BCUT2D eigenvalue weighted by atomic mass is 10.2. The summed E-state index contributed by atoms with van der Waals surface area (Å²) in [5.41, 5.74) is 8.00. The van der Waals surface area contributed by atoms with Gasteiger partial charge in [-0.15, -0.1) is 0 Å². The summed E-state index contributed by atoms with van der Waals surface area (Å²) in [6, 6.07) is 7.13. The Labute approximate surface area is 120 Å². The van der Waals surface area contributed by atoms with E-state index in [4.69, 9.17) is 15.9 Å². The summed E-state index contributed by atoms with van der Waals surface area (Å²) in [6.45, 7) is 2.37. The average Bonchev–Trinajstić information content (AvgIpc) is 2.62. The van der Waals surface area contributed by atoms with Crippen molar-refractivity contribution in [1.82, 2.24) is 9.78 Å². The van der Waals surface area contributed by atoms with E-state index < -0.39 is 0 Å². The molecule has 1 heterocycles. The van der Waals surface area contributed by atoms with Crippen molar-refractivity contribution in [2.24, 2.45) is 12.8 Å². The molecule has 0 aliphatic carbocycles. The molecule has 0 atom stereocenters. The standard InChI is InChI=1S/C13H15BrN4O/c1-8-12(14)11(18(2)17-8)7-19-10-5-3-9(4-6-10)13(15)16/h3-6H,7H2,1-2H3,(H3,15,16). The molecule has 6 heteroatoms. The van der Waals surface area contributed by atoms with E-state index in [9.17, 15) is 0 Å². The van der Waals surface area contributed by atoms with Crippen LogP contribution in [0.15, 0.2) is 28.7 Å². The lowest BCUT2D eigenvalue weighted by molar-refractivity contribution is 0.294. The van der Waals surface area contributed by atoms with Crippen LogP contribution in [-0.2, 0) is 13.7 Å². The second-order valence-corrected chi connectivity index (χ2v) is 4.99. The minimum Gasteiger partial charge on any atom is -0.487 e. The number of ether oxygens (including phenoxy) is 1. The molecule has 5 nitrogen and oxygen atoms in total. The predicted octanol–water partition coefficient (Wildman–Crippen LogP) is 2.35. The van der Waals surface area contributed by atoms with Crippen molar-refractivity contribution >= 4 is 21.8 Å². The molecule has 2 rings (SSSR count). The molecule has 3 N–H and O–H groups in total. The Morgan fingerprint density at radius 3 is 2.53 bits per heavy atom. The number of nitrogens with zero attached hydrogens (tertiary/aromatic N) is 2. The van der Waals surface area contributed by atoms with Gasteiger partial charge in [0.1, 0.15) is 18.2 Å². The van der Waals surface area contributed by atoms with Gasteiger partial charge in [0.25, 0.3) is 0 Å². The van der Waals surface area contributed by atoms with Gasteiger partial charge in [-0.2, -0.15) is 5.10 Å². The predicted molar refractivity (Wildman–Crippen MR) is 77.4 cm³/mol. The van der Waals surface area contributed by atoms with Crippen molar-refractivity contribution in [3.63, 3.8) is 0 Å². The van der Waals surface area contributed by atoms with Gasteiger partial charge in [-0.1, -0.05) is 0 Å². The average molecular weight is 323 g/mol. The van der Waals surface area contributed by atoms with Gasteiger partial charge in [0.05, 0.1) is 15.9 Å². The van der Waals surface area contributed by atoms with Crippen molar-refractivity contribution in [2.75, 3.05) is 0 Å². The van der Waals surface area contributed by atoms with Crippen LogP contribution in [0.2, 0.25) is 0 Å². The van der Waals surface area contributed by atoms with E-state index in [1.54, 1.807) is 28.9 Å². The third-order valence-electron chi connectivity index (χ3n) is 2.80. The van der Waals surface area contributed by atoms with E-state index in [0.29, 0.717) is 12.2 Å². The summed E-state index contributed by atoms with van der Waals surface area (Å²) >= 11 is 3.50. The highest BCUT2D eigenvalue weighted by atomic mass is 79.9. The van der Waals surface area contributed by atoms with E-state index in [2.05, 4.69) is 21.0 Å². The summed E-state index contributed by atoms with van der Waals surface area (Å²) in [5.74, 6) is 0.785. The minimum atomic E-state index is 0.0524. The van der Waals surface area contributed by atoms with Gasteiger partial charge < -0.3 is 10.5 Å². The fraction of sp³-hybridized carbons (Fsp3) is 0.231. The number of aromatic nitrogens is 2. The van der Waals surface area contributed by atoms with E-state index in [1.807, 2.05) is 14.0 Å². The quantitative estimate of drug-likeness (QED) is 0.670. The van der Waals surface area contributed by atoms with Crippen molar-refractivity contribution in [1.29, 1.82) is 5.41 Å². The second kappa shape index (κ2) is 5.44. The first kappa shape index (κ1) is 13.6. The van der Waals surface area contributed by atoms with Crippen molar-refractivity contribution < 1.29 is 4.74 Å². The van der Waals surface area contributed by atoms with E-state index in [1.165, 1.54) is 0 Å². The van der Waals surface area contributed by atoms with Gasteiger partial charge in [0.2, 0.25) is 0 Å². The zero-order valence-electron chi connectivity index (χ0n) is 10.8. The smallest absolute Gasteiger partial charge is 0.131 e. The Hall–Kier alpha value is -1.82. The Morgan fingerprint density at radius 1 is 1.42 bits per heavy atom. The molecule has 0 fully saturated rings. The molecule has 100 valence electrons. The lowest BCUT2D eigenvalue weighted by Gasteiger charge is -2.07. The molecule has 0 saturated carbocycles. The summed E-state index contributed by atoms with van der Waals surface area (Å²) in [5, 5.41) is 11.6. The Morgan fingerprint density at radius 2 is 2.05 bits per heavy atom. The van der Waals surface area contributed by atoms with Gasteiger partial charge in [0, 0.05) is 12.6 Å². The first-order valence-corrected chi connectivity index (χ1v) is 6.53. The van der Waals surface area contributed by atoms with Crippen LogP contribution >= 0.6 is 15.9 Å². The highest BCUT2D eigenvalue weighted by Crippen LogP contribution is 2.22. The van der Waals surface area contributed by atoms with E-state index in [-0.39, 0.29) is 5.84 Å². The highest BCUT2D eigenvalue weighted by molar-refractivity contribution is 9.10. The minimum absolute atomic E-state index is 0.0524. The molecule has 0 unspecified atom stereocenters. The molecule has 1 aromatic heterocycles. The zero-order valence-corrected chi connectivity index (χ0v) is 12.4. The number of benzene rings is 1. The van der Waals surface area contributed by atoms with Gasteiger partial charge in [0.15, 0.2) is 0 Å². The maximum Gasteiger partial charge on any atom is 0.131 e. The Kier molecular flexibility index (Phi) is 3.90. The number of nitrogens with one attached hydrogen (secondary N) is 1. The van der Waals surface area contributed by atoms with Crippen LogP contribution in [0, 0.1) is 12.3 Å². The molecule has 2 aromatic rings. The molecule has 0 spiro atoms. The number of hydrogen-bond donors (Lipinski definition) is 2. The topological polar surface area (TPSA) is 76.9 Å². The number of nitrogen functional groups attached to an aromatic ring is 1. The van der Waals surface area contributed by atoms with Gasteiger partial charge in [-0.3, -0.25) is 10.1 Å². The third-order valence-corrected chi connectivity index (χ3v) is 3.83. The number of halogens is 1. The molecular weight excluding hydrogens is 308 g/mol. The number of aryl methyl sites for hydroxylation is 2. The summed E-state index contributed by atoms with van der Waals surface area (Å²) in [6.07, 6.45) is 0. The number of amidine groups is 1. The van der Waals surface area contributed by atoms with Crippen molar-refractivity contribution in [3.05, 3.63) is 45.7 Å². The van der Waals surface area contributed by atoms with Crippen molar-refractivity contribution in [2.45, 2.75) is 13.5 Å². The third kappa shape index (κ3) is 2.96. The molecule has 0 radical (unpaired) electrons. The maximum absolute atomic E-state index is 7.32. The van der Waals surface area contributed by atoms with Gasteiger partial charge >= 0.3 is 0 Å². The van der Waals surface area contributed by atoms with Crippen LogP contribution in [0.4, 0.5) is 0 Å². The molecule has 0 aliphatic heterocycles. The Bertz CT molecular complexity index is 604. The monoisotopic (exact) mass is 322 g/mol. The number of nitrogens with two attached hydrogens (primary N) is 1. The van der Waals surface area contributed by atoms with E-state index >= 15 is 0 Å². The van der Waals surface area contributed by atoms with Gasteiger partial charge in [-0.25, -0.2) is 0 Å². The molecule has 0 aliphatic rings. The van der Waals surface area contributed by atoms with Crippen LogP contribution in [0.25, 0.3) is 0 Å². The molecule has 1 aromatic carbocycles. The Balaban J connectivity index is 2.08. The normalized spacial score (nSPS) is 10.5. The van der Waals surface area contributed by atoms with Crippen LogP contribution in [0.5, 0.6) is 5.75 Å². The molecule has 0 amide bonds. The zero-order chi connectivity index (χ0) is 14.0. The summed E-state index contributed by atoms with van der Waals surface area (Å²) < 4.78 is 8.46. The van der Waals surface area contributed by atoms with E-state index in [0.717, 1.165) is 21.6 Å². The molecule has 19 heavy (non-hydrogen) atoms. The molecule has 0 saturated heterocycles. The summed E-state index contributed by atoms with van der Waals surface area (Å²) in [7, 11) is 1.88. The number of hydrogen-bond acceptors (Lipinski definition) is 3. The summed E-state index contributed by atoms with van der Waals surface area (Å²) in [4.78, 5) is 0. The molecular formula is C13H15BrN4O. The molecule has 0 bridgehead atoms. The van der Waals surface area contributed by atoms with Crippen LogP contribution in [-0.4, -0.2) is 15.6 Å². The highest BCUT2D eigenvalue weighted by Gasteiger charge is 2.11. The first-order chi connectivity index (χ1) is 8.99. The second-order valence-electron chi connectivity index (χ2n) is 4.20.